The van der Waals surface area contributed by atoms with Crippen LogP contribution in [0, 0.1) is 0 Å². The van der Waals surface area contributed by atoms with E-state index in [1.54, 1.807) is 0 Å². The molecule has 106 valence electrons. The number of benzene rings is 1. The van der Waals surface area contributed by atoms with Gasteiger partial charge in [-0.2, -0.15) is 4.98 Å². The summed E-state index contributed by atoms with van der Waals surface area (Å²) in [6.45, 7) is 0.00676. The predicted octanol–water partition coefficient (Wildman–Crippen LogP) is 0.525. The van der Waals surface area contributed by atoms with Crippen LogP contribution < -0.4 is 10.2 Å². The van der Waals surface area contributed by atoms with E-state index in [-0.39, 0.29) is 19.0 Å². The minimum absolute atomic E-state index is 0.120. The molecule has 1 aromatic carbocycles. The van der Waals surface area contributed by atoms with Crippen LogP contribution >= 0.6 is 0 Å². The lowest BCUT2D eigenvalue weighted by molar-refractivity contribution is 0.0901. The summed E-state index contributed by atoms with van der Waals surface area (Å²) in [5, 5.41) is 14.8. The second-order valence-electron chi connectivity index (χ2n) is 4.34. The second kappa shape index (κ2) is 6.16. The van der Waals surface area contributed by atoms with Crippen LogP contribution in [0.15, 0.2) is 28.8 Å². The van der Waals surface area contributed by atoms with Crippen molar-refractivity contribution in [1.82, 2.24) is 15.5 Å². The van der Waals surface area contributed by atoms with E-state index in [0.29, 0.717) is 5.82 Å². The number of aliphatic hydroxyl groups is 1. The number of carbonyl (C=O) groups is 1. The molecule has 0 spiro atoms. The van der Waals surface area contributed by atoms with Crippen LogP contribution in [0.25, 0.3) is 11.4 Å². The molecular formula is C13H16N4O3. The Morgan fingerprint density at radius 1 is 1.35 bits per heavy atom. The number of hydrogen-bond acceptors (Lipinski definition) is 6. The topological polar surface area (TPSA) is 91.5 Å². The fraction of sp³-hybridized carbons (Fsp3) is 0.308. The molecule has 20 heavy (non-hydrogen) atoms. The minimum Gasteiger partial charge on any atom is -0.395 e. The van der Waals surface area contributed by atoms with Gasteiger partial charge in [0.15, 0.2) is 0 Å². The van der Waals surface area contributed by atoms with Crippen molar-refractivity contribution in [2.24, 2.45) is 0 Å². The summed E-state index contributed by atoms with van der Waals surface area (Å²) >= 11 is 0. The molecule has 0 unspecified atom stereocenters. The van der Waals surface area contributed by atoms with Gasteiger partial charge in [0.05, 0.1) is 6.61 Å². The van der Waals surface area contributed by atoms with Gasteiger partial charge in [-0.05, 0) is 24.3 Å². The highest BCUT2D eigenvalue weighted by atomic mass is 16.5. The molecule has 0 aliphatic rings. The Morgan fingerprint density at radius 3 is 2.65 bits per heavy atom. The maximum atomic E-state index is 11.6. The van der Waals surface area contributed by atoms with Gasteiger partial charge in [-0.25, -0.2) is 0 Å². The van der Waals surface area contributed by atoms with Crippen molar-refractivity contribution < 1.29 is 14.4 Å². The number of nitrogens with zero attached hydrogens (tertiary/aromatic N) is 3. The van der Waals surface area contributed by atoms with Crippen molar-refractivity contribution in [2.45, 2.75) is 0 Å². The van der Waals surface area contributed by atoms with E-state index >= 15 is 0 Å². The third kappa shape index (κ3) is 3.12. The van der Waals surface area contributed by atoms with Gasteiger partial charge in [0.2, 0.25) is 5.82 Å². The fourth-order valence-corrected chi connectivity index (χ4v) is 1.59. The number of amides is 1. The number of nitrogens with one attached hydrogen (secondary N) is 1. The van der Waals surface area contributed by atoms with E-state index in [9.17, 15) is 4.79 Å². The molecular weight excluding hydrogens is 260 g/mol. The maximum Gasteiger partial charge on any atom is 0.316 e. The van der Waals surface area contributed by atoms with Crippen molar-refractivity contribution in [3.63, 3.8) is 0 Å². The molecule has 1 aromatic heterocycles. The average molecular weight is 276 g/mol. The molecule has 2 rings (SSSR count). The fourth-order valence-electron chi connectivity index (χ4n) is 1.59. The van der Waals surface area contributed by atoms with Gasteiger partial charge in [0, 0.05) is 31.9 Å². The monoisotopic (exact) mass is 276 g/mol. The Labute approximate surface area is 116 Å². The van der Waals surface area contributed by atoms with Crippen LogP contribution in [0.3, 0.4) is 0 Å². The molecule has 0 bridgehead atoms. The molecule has 7 heteroatoms. The van der Waals surface area contributed by atoms with Crippen LogP contribution in [-0.2, 0) is 0 Å². The summed E-state index contributed by atoms with van der Waals surface area (Å²) < 4.78 is 4.89. The molecule has 0 radical (unpaired) electrons. The minimum atomic E-state index is -0.497. The molecule has 0 aliphatic heterocycles. The van der Waals surface area contributed by atoms with Crippen molar-refractivity contribution in [2.75, 3.05) is 32.1 Å². The Balaban J connectivity index is 2.14. The number of carbonyl (C=O) groups excluding carboxylic acids is 1. The Bertz CT molecular complexity index is 578. The molecule has 0 aliphatic carbocycles. The predicted molar refractivity (Wildman–Crippen MR) is 73.5 cm³/mol. The van der Waals surface area contributed by atoms with Gasteiger partial charge in [-0.1, -0.05) is 5.16 Å². The van der Waals surface area contributed by atoms with E-state index in [0.717, 1.165) is 11.3 Å². The summed E-state index contributed by atoms with van der Waals surface area (Å²) in [5.74, 6) is -0.266. The van der Waals surface area contributed by atoms with Crippen LogP contribution in [0.2, 0.25) is 0 Å². The lowest BCUT2D eigenvalue weighted by atomic mass is 10.2. The van der Waals surface area contributed by atoms with E-state index < -0.39 is 5.91 Å². The zero-order chi connectivity index (χ0) is 14.5. The molecule has 7 nitrogen and oxygen atoms in total. The largest absolute Gasteiger partial charge is 0.395 e. The number of aliphatic hydroxyl groups excluding tert-OH is 1. The van der Waals surface area contributed by atoms with Gasteiger partial charge < -0.3 is 19.8 Å². The number of hydrogen-bond donors (Lipinski definition) is 2. The standard InChI is InChI=1S/C13H16N4O3/c1-17(2)10-5-3-9(4-6-10)11-15-13(20-16-11)12(19)14-7-8-18/h3-6,18H,7-8H2,1-2H3,(H,14,19). The van der Waals surface area contributed by atoms with Gasteiger partial charge in [0.25, 0.3) is 0 Å². The number of aromatic nitrogens is 2. The first-order valence-corrected chi connectivity index (χ1v) is 6.12. The summed E-state index contributed by atoms with van der Waals surface area (Å²) in [4.78, 5) is 17.6. The van der Waals surface area contributed by atoms with Gasteiger partial charge in [0.1, 0.15) is 0 Å². The second-order valence-corrected chi connectivity index (χ2v) is 4.34. The van der Waals surface area contributed by atoms with Crippen molar-refractivity contribution in [1.29, 1.82) is 0 Å². The third-order valence-electron chi connectivity index (χ3n) is 2.66. The van der Waals surface area contributed by atoms with Crippen molar-refractivity contribution in [3.05, 3.63) is 30.2 Å². The van der Waals surface area contributed by atoms with Crippen LogP contribution in [-0.4, -0.2) is 48.4 Å². The molecule has 1 amide bonds. The lowest BCUT2D eigenvalue weighted by Crippen LogP contribution is -2.26. The highest BCUT2D eigenvalue weighted by Gasteiger charge is 2.15. The summed E-state index contributed by atoms with van der Waals surface area (Å²) in [6.07, 6.45) is 0. The van der Waals surface area contributed by atoms with E-state index in [1.807, 2.05) is 43.3 Å². The molecule has 0 saturated heterocycles. The van der Waals surface area contributed by atoms with Gasteiger partial charge >= 0.3 is 11.8 Å². The molecule has 2 aromatic rings. The molecule has 2 N–H and O–H groups in total. The van der Waals surface area contributed by atoms with Crippen LogP contribution in [0.4, 0.5) is 5.69 Å². The average Bonchev–Trinajstić information content (AvgIpc) is 2.94. The number of anilines is 1. The summed E-state index contributed by atoms with van der Waals surface area (Å²) in [7, 11) is 3.90. The summed E-state index contributed by atoms with van der Waals surface area (Å²) in [6, 6.07) is 7.57. The van der Waals surface area contributed by atoms with E-state index in [1.165, 1.54) is 0 Å². The lowest BCUT2D eigenvalue weighted by Gasteiger charge is -2.11. The zero-order valence-electron chi connectivity index (χ0n) is 11.3. The molecule has 1 heterocycles. The normalized spacial score (nSPS) is 10.3. The highest BCUT2D eigenvalue weighted by molar-refractivity contribution is 5.89. The third-order valence-corrected chi connectivity index (χ3v) is 2.66. The zero-order valence-corrected chi connectivity index (χ0v) is 11.3. The van der Waals surface area contributed by atoms with Crippen LogP contribution in [0.1, 0.15) is 10.7 Å². The van der Waals surface area contributed by atoms with Crippen molar-refractivity contribution in [3.8, 4) is 11.4 Å². The van der Waals surface area contributed by atoms with Gasteiger partial charge in [-0.15, -0.1) is 0 Å². The smallest absolute Gasteiger partial charge is 0.316 e. The Morgan fingerprint density at radius 2 is 2.05 bits per heavy atom. The van der Waals surface area contributed by atoms with Crippen molar-refractivity contribution >= 4 is 11.6 Å². The maximum absolute atomic E-state index is 11.6. The van der Waals surface area contributed by atoms with Crippen LogP contribution in [0.5, 0.6) is 0 Å². The molecule has 0 saturated carbocycles. The first-order valence-electron chi connectivity index (χ1n) is 6.12. The number of rotatable bonds is 5. The first-order chi connectivity index (χ1) is 9.61. The van der Waals surface area contributed by atoms with Gasteiger partial charge in [-0.3, -0.25) is 4.79 Å². The quantitative estimate of drug-likeness (QED) is 0.827. The van der Waals surface area contributed by atoms with E-state index in [2.05, 4.69) is 15.5 Å². The Kier molecular flexibility index (Phi) is 4.31. The molecule has 0 atom stereocenters. The SMILES string of the molecule is CN(C)c1ccc(-c2noc(C(=O)NCCO)n2)cc1. The van der Waals surface area contributed by atoms with E-state index in [4.69, 9.17) is 9.63 Å². The summed E-state index contributed by atoms with van der Waals surface area (Å²) in [5.41, 5.74) is 1.82. The first kappa shape index (κ1) is 14.0. The highest BCUT2D eigenvalue weighted by Crippen LogP contribution is 2.19. The molecule has 0 fully saturated rings. The Hall–Kier alpha value is -2.41.